The smallest absolute Gasteiger partial charge is 0.257 e. The highest BCUT2D eigenvalue weighted by Gasteiger charge is 2.19. The summed E-state index contributed by atoms with van der Waals surface area (Å²) in [5.74, 6) is 1.14. The van der Waals surface area contributed by atoms with Crippen molar-refractivity contribution in [1.82, 2.24) is 4.98 Å². The van der Waals surface area contributed by atoms with E-state index in [0.717, 1.165) is 10.6 Å². The van der Waals surface area contributed by atoms with E-state index in [1.54, 1.807) is 12.1 Å². The minimum Gasteiger partial charge on any atom is -0.490 e. The number of anilines is 1. The number of halogens is 1. The zero-order chi connectivity index (χ0) is 20.8. The van der Waals surface area contributed by atoms with E-state index in [2.05, 4.69) is 10.3 Å². The quantitative estimate of drug-likeness (QED) is 0.433. The van der Waals surface area contributed by atoms with Crippen LogP contribution in [0.5, 0.6) is 17.2 Å². The first kappa shape index (κ1) is 21.4. The average Bonchev–Trinajstić information content (AvgIpc) is 3.33. The molecule has 1 N–H and O–H groups in total. The van der Waals surface area contributed by atoms with Crippen LogP contribution in [0.15, 0.2) is 29.6 Å². The summed E-state index contributed by atoms with van der Waals surface area (Å²) in [4.78, 5) is 18.3. The molecule has 0 saturated carbocycles. The maximum atomic E-state index is 12.8. The first-order valence-electron chi connectivity index (χ1n) is 9.14. The van der Waals surface area contributed by atoms with Gasteiger partial charge in [-0.3, -0.25) is 10.1 Å². The number of carbonyl (C=O) groups is 1. The van der Waals surface area contributed by atoms with Gasteiger partial charge in [0.25, 0.3) is 5.91 Å². The standard InChI is InChI=1S/C20H21ClN2O4S2/c1-4-25-14-9-12(10-15(26-5-2)18(14)27-6-3)19(24)23-20-22-13(11-28-20)16-7-8-17(21)29-16/h7-11H,4-6H2,1-3H3,(H,22,23,24). The Labute approximate surface area is 182 Å². The molecule has 0 unspecified atom stereocenters. The van der Waals surface area contributed by atoms with Crippen LogP contribution in [0.4, 0.5) is 5.13 Å². The van der Waals surface area contributed by atoms with Gasteiger partial charge in [-0.15, -0.1) is 22.7 Å². The Morgan fingerprint density at radius 1 is 1.07 bits per heavy atom. The first-order chi connectivity index (χ1) is 14.0. The number of amides is 1. The van der Waals surface area contributed by atoms with Gasteiger partial charge in [0.2, 0.25) is 5.75 Å². The number of carbonyl (C=O) groups excluding carboxylic acids is 1. The van der Waals surface area contributed by atoms with Gasteiger partial charge in [-0.2, -0.15) is 0 Å². The Hall–Kier alpha value is -2.29. The minimum atomic E-state index is -0.305. The number of thiophene rings is 1. The second-order valence-electron chi connectivity index (χ2n) is 5.70. The highest BCUT2D eigenvalue weighted by molar-refractivity contribution is 7.20. The summed E-state index contributed by atoms with van der Waals surface area (Å²) < 4.78 is 17.7. The predicted octanol–water partition coefficient (Wildman–Crippen LogP) is 5.97. The molecule has 0 spiro atoms. The third-order valence-corrected chi connectivity index (χ3v) is 5.73. The van der Waals surface area contributed by atoms with Gasteiger partial charge in [0.05, 0.1) is 34.7 Å². The molecule has 0 radical (unpaired) electrons. The van der Waals surface area contributed by atoms with E-state index in [9.17, 15) is 4.79 Å². The van der Waals surface area contributed by atoms with Crippen LogP contribution in [0.1, 0.15) is 31.1 Å². The first-order valence-corrected chi connectivity index (χ1v) is 11.2. The zero-order valence-electron chi connectivity index (χ0n) is 16.3. The summed E-state index contributed by atoms with van der Waals surface area (Å²) >= 11 is 8.78. The molecule has 2 aromatic heterocycles. The van der Waals surface area contributed by atoms with Crippen LogP contribution in [-0.2, 0) is 0 Å². The van der Waals surface area contributed by atoms with Crippen LogP contribution in [0.3, 0.4) is 0 Å². The van der Waals surface area contributed by atoms with E-state index in [-0.39, 0.29) is 5.91 Å². The van der Waals surface area contributed by atoms with Crippen LogP contribution in [0.2, 0.25) is 4.34 Å². The lowest BCUT2D eigenvalue weighted by atomic mass is 10.1. The second-order valence-corrected chi connectivity index (χ2v) is 8.27. The van der Waals surface area contributed by atoms with Crippen molar-refractivity contribution >= 4 is 45.3 Å². The monoisotopic (exact) mass is 452 g/mol. The molecule has 2 heterocycles. The maximum Gasteiger partial charge on any atom is 0.257 e. The summed E-state index contributed by atoms with van der Waals surface area (Å²) in [7, 11) is 0. The number of ether oxygens (including phenoxy) is 3. The molecule has 0 saturated heterocycles. The molecule has 6 nitrogen and oxygen atoms in total. The van der Waals surface area contributed by atoms with Crippen molar-refractivity contribution in [2.75, 3.05) is 25.1 Å². The highest BCUT2D eigenvalue weighted by Crippen LogP contribution is 2.39. The number of aromatic nitrogens is 1. The number of nitrogens with one attached hydrogen (secondary N) is 1. The molecule has 0 aliphatic carbocycles. The van der Waals surface area contributed by atoms with Gasteiger partial charge in [-0.05, 0) is 45.0 Å². The van der Waals surface area contributed by atoms with Gasteiger partial charge in [-0.1, -0.05) is 11.6 Å². The Morgan fingerprint density at radius 3 is 2.28 bits per heavy atom. The van der Waals surface area contributed by atoms with Crippen molar-refractivity contribution < 1.29 is 19.0 Å². The molecule has 0 atom stereocenters. The molecule has 1 amide bonds. The molecule has 3 aromatic rings. The number of hydrogen-bond donors (Lipinski definition) is 1. The summed E-state index contributed by atoms with van der Waals surface area (Å²) in [6, 6.07) is 7.03. The van der Waals surface area contributed by atoms with Gasteiger partial charge in [0.1, 0.15) is 0 Å². The minimum absolute atomic E-state index is 0.305. The lowest BCUT2D eigenvalue weighted by Crippen LogP contribution is -2.13. The number of nitrogens with zero attached hydrogens (tertiary/aromatic N) is 1. The molecule has 0 bridgehead atoms. The van der Waals surface area contributed by atoms with Crippen LogP contribution >= 0.6 is 34.3 Å². The normalized spacial score (nSPS) is 10.6. The Balaban J connectivity index is 1.85. The molecule has 1 aromatic carbocycles. The zero-order valence-corrected chi connectivity index (χ0v) is 18.7. The topological polar surface area (TPSA) is 69.7 Å². The summed E-state index contributed by atoms with van der Waals surface area (Å²) in [6.45, 7) is 6.96. The average molecular weight is 453 g/mol. The van der Waals surface area contributed by atoms with Gasteiger partial charge in [0, 0.05) is 10.9 Å². The largest absolute Gasteiger partial charge is 0.490 e. The third kappa shape index (κ3) is 5.20. The lowest BCUT2D eigenvalue weighted by Gasteiger charge is -2.16. The molecule has 154 valence electrons. The van der Waals surface area contributed by atoms with Crippen molar-refractivity contribution in [1.29, 1.82) is 0 Å². The van der Waals surface area contributed by atoms with Crippen molar-refractivity contribution in [3.05, 3.63) is 39.5 Å². The van der Waals surface area contributed by atoms with Gasteiger partial charge < -0.3 is 14.2 Å². The van der Waals surface area contributed by atoms with Crippen LogP contribution in [0, 0.1) is 0 Å². The van der Waals surface area contributed by atoms with E-state index >= 15 is 0 Å². The highest BCUT2D eigenvalue weighted by atomic mass is 35.5. The van der Waals surface area contributed by atoms with Crippen molar-refractivity contribution in [3.63, 3.8) is 0 Å². The van der Waals surface area contributed by atoms with E-state index in [0.29, 0.717) is 52.1 Å². The van der Waals surface area contributed by atoms with E-state index in [1.807, 2.05) is 38.3 Å². The van der Waals surface area contributed by atoms with Crippen molar-refractivity contribution in [2.45, 2.75) is 20.8 Å². The maximum absolute atomic E-state index is 12.8. The van der Waals surface area contributed by atoms with Gasteiger partial charge in [-0.25, -0.2) is 4.98 Å². The molecular formula is C20H21ClN2O4S2. The van der Waals surface area contributed by atoms with Crippen LogP contribution < -0.4 is 19.5 Å². The molecule has 0 fully saturated rings. The summed E-state index contributed by atoms with van der Waals surface area (Å²) in [5.41, 5.74) is 1.18. The molecule has 9 heteroatoms. The Bertz CT molecular complexity index is 960. The molecule has 3 rings (SSSR count). The number of thiazole rings is 1. The Morgan fingerprint density at radius 2 is 1.72 bits per heavy atom. The fourth-order valence-electron chi connectivity index (χ4n) is 2.59. The SMILES string of the molecule is CCOc1cc(C(=O)Nc2nc(-c3ccc(Cl)s3)cs2)cc(OCC)c1OCC. The molecule has 0 aliphatic heterocycles. The number of benzene rings is 1. The summed E-state index contributed by atoms with van der Waals surface area (Å²) in [5, 5.41) is 5.22. The van der Waals surface area contributed by atoms with Crippen molar-refractivity contribution in [2.24, 2.45) is 0 Å². The van der Waals surface area contributed by atoms with E-state index in [4.69, 9.17) is 25.8 Å². The Kier molecular flexibility index (Phi) is 7.35. The van der Waals surface area contributed by atoms with E-state index in [1.165, 1.54) is 22.7 Å². The van der Waals surface area contributed by atoms with Crippen LogP contribution in [0.25, 0.3) is 10.6 Å². The number of hydrogen-bond acceptors (Lipinski definition) is 7. The lowest BCUT2D eigenvalue weighted by molar-refractivity contribution is 0.102. The van der Waals surface area contributed by atoms with Crippen LogP contribution in [-0.4, -0.2) is 30.7 Å². The second kappa shape index (κ2) is 9.96. The number of rotatable bonds is 9. The van der Waals surface area contributed by atoms with Gasteiger partial charge in [0.15, 0.2) is 16.6 Å². The fraction of sp³-hybridized carbons (Fsp3) is 0.300. The van der Waals surface area contributed by atoms with Gasteiger partial charge >= 0.3 is 0 Å². The summed E-state index contributed by atoms with van der Waals surface area (Å²) in [6.07, 6.45) is 0. The third-order valence-electron chi connectivity index (χ3n) is 3.72. The predicted molar refractivity (Wildman–Crippen MR) is 118 cm³/mol. The molecule has 0 aliphatic rings. The fourth-order valence-corrected chi connectivity index (χ4v) is 4.37. The molecular weight excluding hydrogens is 432 g/mol. The van der Waals surface area contributed by atoms with Crippen molar-refractivity contribution in [3.8, 4) is 27.8 Å². The van der Waals surface area contributed by atoms with E-state index < -0.39 is 0 Å². The molecule has 29 heavy (non-hydrogen) atoms.